The summed E-state index contributed by atoms with van der Waals surface area (Å²) in [7, 11) is 0. The molecule has 0 spiro atoms. The molecule has 5 heterocycles. The Balaban J connectivity index is 1.19. The normalized spacial score (nSPS) is 19.0. The van der Waals surface area contributed by atoms with Crippen LogP contribution in [-0.2, 0) is 4.74 Å². The number of halogens is 1. The number of carbonyl (C=O) groups is 1. The number of ether oxygens (including phenoxy) is 2. The van der Waals surface area contributed by atoms with Crippen LogP contribution in [0.4, 0.5) is 6.01 Å². The Labute approximate surface area is 190 Å². The number of pyridine rings is 2. The standard InChI is InChI=1S/C22H24ClN5O4/c1-14-11-15(12-24-20(14)31-13-16-3-2-10-30-16)21(29)27-6-8-28(9-7-27)22-26-19-17(32-22)4-5-18(23)25-19/h4-5,11-12,16H,2-3,6-10,13H2,1H3. The van der Waals surface area contributed by atoms with Crippen LogP contribution in [0.15, 0.2) is 28.8 Å². The number of piperazine rings is 1. The Bertz CT molecular complexity index is 1120. The van der Waals surface area contributed by atoms with Crippen molar-refractivity contribution in [3.63, 3.8) is 0 Å². The average Bonchev–Trinajstić information content (AvgIpc) is 3.47. The van der Waals surface area contributed by atoms with Gasteiger partial charge < -0.3 is 23.7 Å². The highest BCUT2D eigenvalue weighted by molar-refractivity contribution is 6.29. The summed E-state index contributed by atoms with van der Waals surface area (Å²) in [5, 5.41) is 0.375. The molecule has 32 heavy (non-hydrogen) atoms. The van der Waals surface area contributed by atoms with E-state index in [0.29, 0.717) is 66.6 Å². The van der Waals surface area contributed by atoms with Gasteiger partial charge in [-0.05, 0) is 38.0 Å². The van der Waals surface area contributed by atoms with E-state index < -0.39 is 0 Å². The topological polar surface area (TPSA) is 93.8 Å². The first-order valence-electron chi connectivity index (χ1n) is 10.8. The summed E-state index contributed by atoms with van der Waals surface area (Å²) < 4.78 is 17.2. The predicted molar refractivity (Wildman–Crippen MR) is 118 cm³/mol. The number of hydrogen-bond donors (Lipinski definition) is 0. The molecule has 1 amide bonds. The van der Waals surface area contributed by atoms with E-state index in [9.17, 15) is 4.79 Å². The van der Waals surface area contributed by atoms with E-state index in [1.165, 1.54) is 0 Å². The second-order valence-corrected chi connectivity index (χ2v) is 8.41. The van der Waals surface area contributed by atoms with Crippen LogP contribution >= 0.6 is 11.6 Å². The maximum absolute atomic E-state index is 13.0. The summed E-state index contributed by atoms with van der Waals surface area (Å²) in [6.45, 7) is 5.52. The SMILES string of the molecule is Cc1cc(C(=O)N2CCN(c3nc4nc(Cl)ccc4o3)CC2)cnc1OCC1CCCO1. The van der Waals surface area contributed by atoms with E-state index >= 15 is 0 Å². The van der Waals surface area contributed by atoms with Crippen molar-refractivity contribution in [1.82, 2.24) is 19.9 Å². The van der Waals surface area contributed by atoms with Gasteiger partial charge in [0.15, 0.2) is 5.58 Å². The lowest BCUT2D eigenvalue weighted by atomic mass is 10.1. The van der Waals surface area contributed by atoms with Crippen molar-refractivity contribution in [3.8, 4) is 5.88 Å². The van der Waals surface area contributed by atoms with Crippen LogP contribution in [0.25, 0.3) is 11.2 Å². The number of carbonyl (C=O) groups excluding carboxylic acids is 1. The molecule has 3 aromatic heterocycles. The largest absolute Gasteiger partial charge is 0.475 e. The summed E-state index contributed by atoms with van der Waals surface area (Å²) >= 11 is 5.92. The number of oxazole rings is 1. The Kier molecular flexibility index (Phi) is 5.84. The minimum atomic E-state index is -0.0445. The smallest absolute Gasteiger partial charge is 0.300 e. The summed E-state index contributed by atoms with van der Waals surface area (Å²) in [4.78, 5) is 29.8. The van der Waals surface area contributed by atoms with Gasteiger partial charge in [0, 0.05) is 44.5 Å². The fourth-order valence-corrected chi connectivity index (χ4v) is 4.12. The van der Waals surface area contributed by atoms with E-state index in [0.717, 1.165) is 25.0 Å². The highest BCUT2D eigenvalue weighted by Crippen LogP contribution is 2.24. The molecule has 10 heteroatoms. The number of aryl methyl sites for hydroxylation is 1. The second-order valence-electron chi connectivity index (χ2n) is 8.02. The molecule has 2 saturated heterocycles. The summed E-state index contributed by atoms with van der Waals surface area (Å²) in [6.07, 6.45) is 3.79. The van der Waals surface area contributed by atoms with Crippen LogP contribution in [0.2, 0.25) is 5.15 Å². The number of rotatable bonds is 5. The fourth-order valence-electron chi connectivity index (χ4n) is 3.98. The van der Waals surface area contributed by atoms with Crippen molar-refractivity contribution < 1.29 is 18.7 Å². The lowest BCUT2D eigenvalue weighted by Crippen LogP contribution is -2.49. The highest BCUT2D eigenvalue weighted by Gasteiger charge is 2.26. The zero-order valence-electron chi connectivity index (χ0n) is 17.8. The molecule has 2 aliphatic heterocycles. The quantitative estimate of drug-likeness (QED) is 0.539. The predicted octanol–water partition coefficient (Wildman–Crippen LogP) is 3.10. The van der Waals surface area contributed by atoms with Crippen LogP contribution in [-0.4, -0.2) is 71.3 Å². The van der Waals surface area contributed by atoms with Gasteiger partial charge in [-0.1, -0.05) is 11.6 Å². The second kappa shape index (κ2) is 8.91. The number of amides is 1. The molecular weight excluding hydrogens is 434 g/mol. The number of nitrogens with zero attached hydrogens (tertiary/aromatic N) is 5. The van der Waals surface area contributed by atoms with Gasteiger partial charge in [0.1, 0.15) is 11.8 Å². The molecule has 3 aromatic rings. The van der Waals surface area contributed by atoms with Crippen LogP contribution in [0.3, 0.4) is 0 Å². The molecule has 0 N–H and O–H groups in total. The maximum Gasteiger partial charge on any atom is 0.300 e. The van der Waals surface area contributed by atoms with Crippen LogP contribution in [0.1, 0.15) is 28.8 Å². The molecule has 0 bridgehead atoms. The Morgan fingerprint density at radius 2 is 2.09 bits per heavy atom. The van der Waals surface area contributed by atoms with Crippen molar-refractivity contribution >= 4 is 34.8 Å². The van der Waals surface area contributed by atoms with E-state index in [1.807, 2.05) is 22.8 Å². The number of fused-ring (bicyclic) bond motifs is 1. The van der Waals surface area contributed by atoms with Crippen LogP contribution in [0, 0.1) is 6.92 Å². The third-order valence-corrected chi connectivity index (χ3v) is 5.96. The Morgan fingerprint density at radius 1 is 1.25 bits per heavy atom. The molecule has 2 aliphatic rings. The van der Waals surface area contributed by atoms with Crippen LogP contribution in [0.5, 0.6) is 5.88 Å². The summed E-state index contributed by atoms with van der Waals surface area (Å²) in [5.41, 5.74) is 2.46. The zero-order chi connectivity index (χ0) is 22.1. The molecule has 2 fully saturated rings. The van der Waals surface area contributed by atoms with Crippen LogP contribution < -0.4 is 9.64 Å². The van der Waals surface area contributed by atoms with E-state index in [-0.39, 0.29) is 12.0 Å². The zero-order valence-corrected chi connectivity index (χ0v) is 18.5. The average molecular weight is 458 g/mol. The molecule has 0 aliphatic carbocycles. The summed E-state index contributed by atoms with van der Waals surface area (Å²) in [5.74, 6) is 0.503. The first kappa shape index (κ1) is 21.0. The molecule has 5 rings (SSSR count). The minimum absolute atomic E-state index is 0.0445. The molecule has 0 saturated carbocycles. The minimum Gasteiger partial charge on any atom is -0.475 e. The first-order chi connectivity index (χ1) is 15.6. The van der Waals surface area contributed by atoms with Crippen molar-refractivity contribution in [2.24, 2.45) is 0 Å². The maximum atomic E-state index is 13.0. The molecule has 168 valence electrons. The molecule has 0 aromatic carbocycles. The van der Waals surface area contributed by atoms with Gasteiger partial charge in [0.05, 0.1) is 11.7 Å². The monoisotopic (exact) mass is 457 g/mol. The number of hydrogen-bond acceptors (Lipinski definition) is 8. The molecule has 0 radical (unpaired) electrons. The Morgan fingerprint density at radius 3 is 2.84 bits per heavy atom. The lowest BCUT2D eigenvalue weighted by Gasteiger charge is -2.33. The van der Waals surface area contributed by atoms with Gasteiger partial charge >= 0.3 is 0 Å². The molecular formula is C22H24ClN5O4. The van der Waals surface area contributed by atoms with E-state index in [2.05, 4.69) is 15.0 Å². The number of aromatic nitrogens is 3. The van der Waals surface area contributed by atoms with E-state index in [1.54, 1.807) is 18.3 Å². The van der Waals surface area contributed by atoms with Crippen molar-refractivity contribution in [1.29, 1.82) is 0 Å². The third-order valence-electron chi connectivity index (χ3n) is 5.75. The third kappa shape index (κ3) is 4.35. The lowest BCUT2D eigenvalue weighted by molar-refractivity contribution is 0.0659. The number of anilines is 1. The van der Waals surface area contributed by atoms with Gasteiger partial charge in [0.25, 0.3) is 11.9 Å². The van der Waals surface area contributed by atoms with Gasteiger partial charge in [0.2, 0.25) is 11.5 Å². The van der Waals surface area contributed by atoms with Gasteiger partial charge in [-0.2, -0.15) is 4.98 Å². The van der Waals surface area contributed by atoms with Crippen molar-refractivity contribution in [2.45, 2.75) is 25.9 Å². The van der Waals surface area contributed by atoms with Crippen molar-refractivity contribution in [3.05, 3.63) is 40.7 Å². The first-order valence-corrected chi connectivity index (χ1v) is 11.1. The molecule has 9 nitrogen and oxygen atoms in total. The molecule has 1 unspecified atom stereocenters. The van der Waals surface area contributed by atoms with Gasteiger partial charge in [-0.25, -0.2) is 9.97 Å². The highest BCUT2D eigenvalue weighted by atomic mass is 35.5. The Hall–Kier alpha value is -2.91. The summed E-state index contributed by atoms with van der Waals surface area (Å²) in [6, 6.07) is 5.75. The van der Waals surface area contributed by atoms with Gasteiger partial charge in [-0.3, -0.25) is 4.79 Å². The van der Waals surface area contributed by atoms with Gasteiger partial charge in [-0.15, -0.1) is 0 Å². The molecule has 1 atom stereocenters. The van der Waals surface area contributed by atoms with Crippen molar-refractivity contribution in [2.75, 3.05) is 44.3 Å². The fraction of sp³-hybridized carbons (Fsp3) is 0.455. The van der Waals surface area contributed by atoms with E-state index in [4.69, 9.17) is 25.5 Å².